The summed E-state index contributed by atoms with van der Waals surface area (Å²) in [5.41, 5.74) is 7.76. The van der Waals surface area contributed by atoms with Crippen LogP contribution in [0.3, 0.4) is 0 Å². The third kappa shape index (κ3) is 2.89. The SMILES string of the molecule is CNCCN(C)c1cc(Br)ccc1N. The van der Waals surface area contributed by atoms with E-state index in [0.717, 1.165) is 28.9 Å². The minimum atomic E-state index is 0.812. The molecule has 0 bridgehead atoms. The van der Waals surface area contributed by atoms with Crippen LogP contribution in [0.25, 0.3) is 0 Å². The van der Waals surface area contributed by atoms with E-state index < -0.39 is 0 Å². The van der Waals surface area contributed by atoms with Crippen molar-refractivity contribution in [2.75, 3.05) is 37.8 Å². The average Bonchev–Trinajstić information content (AvgIpc) is 2.18. The van der Waals surface area contributed by atoms with Crippen molar-refractivity contribution in [3.63, 3.8) is 0 Å². The Balaban J connectivity index is 2.77. The Morgan fingerprint density at radius 2 is 2.21 bits per heavy atom. The van der Waals surface area contributed by atoms with Crippen molar-refractivity contribution in [1.29, 1.82) is 0 Å². The zero-order chi connectivity index (χ0) is 10.6. The fraction of sp³-hybridized carbons (Fsp3) is 0.400. The number of rotatable bonds is 4. The number of nitrogens with one attached hydrogen (secondary N) is 1. The molecule has 14 heavy (non-hydrogen) atoms. The van der Waals surface area contributed by atoms with E-state index >= 15 is 0 Å². The molecule has 0 saturated heterocycles. The van der Waals surface area contributed by atoms with E-state index in [4.69, 9.17) is 5.73 Å². The smallest absolute Gasteiger partial charge is 0.0609 e. The largest absolute Gasteiger partial charge is 0.397 e. The van der Waals surface area contributed by atoms with Crippen LogP contribution in [0.15, 0.2) is 22.7 Å². The summed E-state index contributed by atoms with van der Waals surface area (Å²) < 4.78 is 1.05. The summed E-state index contributed by atoms with van der Waals surface area (Å²) in [6.07, 6.45) is 0. The van der Waals surface area contributed by atoms with Gasteiger partial charge in [0.2, 0.25) is 0 Å². The molecule has 4 heteroatoms. The van der Waals surface area contributed by atoms with Gasteiger partial charge in [-0.2, -0.15) is 0 Å². The number of anilines is 2. The maximum absolute atomic E-state index is 5.88. The molecular weight excluding hydrogens is 242 g/mol. The number of nitrogen functional groups attached to an aromatic ring is 1. The normalized spacial score (nSPS) is 10.2. The van der Waals surface area contributed by atoms with Crippen molar-refractivity contribution >= 4 is 27.3 Å². The van der Waals surface area contributed by atoms with Crippen LogP contribution < -0.4 is 16.0 Å². The highest BCUT2D eigenvalue weighted by Crippen LogP contribution is 2.25. The first-order valence-corrected chi connectivity index (χ1v) is 5.35. The molecule has 0 aliphatic rings. The van der Waals surface area contributed by atoms with E-state index in [0.29, 0.717) is 0 Å². The van der Waals surface area contributed by atoms with E-state index in [1.165, 1.54) is 0 Å². The fourth-order valence-corrected chi connectivity index (χ4v) is 1.60. The Kier molecular flexibility index (Phi) is 4.22. The molecule has 78 valence electrons. The van der Waals surface area contributed by atoms with Gasteiger partial charge in [0.15, 0.2) is 0 Å². The molecule has 0 unspecified atom stereocenters. The molecule has 0 radical (unpaired) electrons. The lowest BCUT2D eigenvalue weighted by atomic mass is 10.2. The van der Waals surface area contributed by atoms with Crippen molar-refractivity contribution in [2.45, 2.75) is 0 Å². The lowest BCUT2D eigenvalue weighted by molar-refractivity contribution is 0.768. The molecule has 3 N–H and O–H groups in total. The Morgan fingerprint density at radius 3 is 2.86 bits per heavy atom. The van der Waals surface area contributed by atoms with Crippen molar-refractivity contribution in [3.05, 3.63) is 22.7 Å². The van der Waals surface area contributed by atoms with Crippen LogP contribution in [-0.2, 0) is 0 Å². The molecule has 0 fully saturated rings. The molecule has 0 amide bonds. The number of benzene rings is 1. The fourth-order valence-electron chi connectivity index (χ4n) is 1.25. The highest BCUT2D eigenvalue weighted by Gasteiger charge is 2.04. The van der Waals surface area contributed by atoms with Crippen LogP contribution in [0, 0.1) is 0 Å². The molecule has 0 aromatic heterocycles. The van der Waals surface area contributed by atoms with Gasteiger partial charge in [-0.05, 0) is 25.2 Å². The van der Waals surface area contributed by atoms with Gasteiger partial charge in [0.25, 0.3) is 0 Å². The second-order valence-electron chi connectivity index (χ2n) is 3.23. The predicted octanol–water partition coefficient (Wildman–Crippen LogP) is 1.69. The van der Waals surface area contributed by atoms with Crippen LogP contribution >= 0.6 is 15.9 Å². The number of halogens is 1. The van der Waals surface area contributed by atoms with Gasteiger partial charge >= 0.3 is 0 Å². The summed E-state index contributed by atoms with van der Waals surface area (Å²) in [7, 11) is 3.98. The minimum Gasteiger partial charge on any atom is -0.397 e. The van der Waals surface area contributed by atoms with Gasteiger partial charge in [-0.1, -0.05) is 15.9 Å². The Labute approximate surface area is 93.4 Å². The lowest BCUT2D eigenvalue weighted by Crippen LogP contribution is -2.27. The first-order valence-electron chi connectivity index (χ1n) is 4.56. The van der Waals surface area contributed by atoms with Gasteiger partial charge < -0.3 is 16.0 Å². The van der Waals surface area contributed by atoms with E-state index in [2.05, 4.69) is 26.1 Å². The van der Waals surface area contributed by atoms with Gasteiger partial charge in [0.1, 0.15) is 0 Å². The minimum absolute atomic E-state index is 0.812. The molecule has 3 nitrogen and oxygen atoms in total. The van der Waals surface area contributed by atoms with Crippen LogP contribution in [-0.4, -0.2) is 27.2 Å². The summed E-state index contributed by atoms with van der Waals surface area (Å²) in [6.45, 7) is 1.89. The third-order valence-corrected chi connectivity index (χ3v) is 2.59. The highest BCUT2D eigenvalue weighted by atomic mass is 79.9. The number of likely N-dealkylation sites (N-methyl/N-ethyl adjacent to an activating group) is 2. The predicted molar refractivity (Wildman–Crippen MR) is 65.8 cm³/mol. The van der Waals surface area contributed by atoms with Crippen molar-refractivity contribution in [1.82, 2.24) is 5.32 Å². The van der Waals surface area contributed by atoms with Crippen LogP contribution in [0.1, 0.15) is 0 Å². The number of nitrogens with two attached hydrogens (primary N) is 1. The number of hydrogen-bond acceptors (Lipinski definition) is 3. The van der Waals surface area contributed by atoms with E-state index in [-0.39, 0.29) is 0 Å². The Bertz CT molecular complexity index is 301. The highest BCUT2D eigenvalue weighted by molar-refractivity contribution is 9.10. The van der Waals surface area contributed by atoms with E-state index in [9.17, 15) is 0 Å². The molecule has 0 aliphatic carbocycles. The van der Waals surface area contributed by atoms with E-state index in [1.54, 1.807) is 0 Å². The van der Waals surface area contributed by atoms with Gasteiger partial charge in [-0.3, -0.25) is 0 Å². The monoisotopic (exact) mass is 257 g/mol. The first kappa shape index (κ1) is 11.3. The Hall–Kier alpha value is -0.740. The molecular formula is C10H16BrN3. The maximum Gasteiger partial charge on any atom is 0.0609 e. The zero-order valence-electron chi connectivity index (χ0n) is 8.55. The summed E-state index contributed by atoms with van der Waals surface area (Å²) in [5, 5.41) is 3.11. The van der Waals surface area contributed by atoms with Crippen molar-refractivity contribution < 1.29 is 0 Å². The van der Waals surface area contributed by atoms with Gasteiger partial charge in [-0.15, -0.1) is 0 Å². The van der Waals surface area contributed by atoms with Crippen molar-refractivity contribution in [3.8, 4) is 0 Å². The molecule has 1 aromatic carbocycles. The summed E-state index contributed by atoms with van der Waals surface area (Å²) >= 11 is 3.43. The summed E-state index contributed by atoms with van der Waals surface area (Å²) in [5.74, 6) is 0. The zero-order valence-corrected chi connectivity index (χ0v) is 10.1. The topological polar surface area (TPSA) is 41.3 Å². The molecule has 0 spiro atoms. The van der Waals surface area contributed by atoms with Gasteiger partial charge in [0.05, 0.1) is 11.4 Å². The Morgan fingerprint density at radius 1 is 1.50 bits per heavy atom. The second kappa shape index (κ2) is 5.22. The van der Waals surface area contributed by atoms with Crippen molar-refractivity contribution in [2.24, 2.45) is 0 Å². The van der Waals surface area contributed by atoms with Crippen LogP contribution in [0.4, 0.5) is 11.4 Å². The molecule has 0 atom stereocenters. The molecule has 1 rings (SSSR count). The summed E-state index contributed by atoms with van der Waals surface area (Å²) in [6, 6.07) is 5.89. The first-order chi connectivity index (χ1) is 6.65. The van der Waals surface area contributed by atoms with Gasteiger partial charge in [0, 0.05) is 24.6 Å². The van der Waals surface area contributed by atoms with E-state index in [1.807, 2.05) is 32.3 Å². The quantitative estimate of drug-likeness (QED) is 0.807. The van der Waals surface area contributed by atoms with Gasteiger partial charge in [-0.25, -0.2) is 0 Å². The standard InChI is InChI=1S/C10H16BrN3/c1-13-5-6-14(2)10-7-8(11)3-4-9(10)12/h3-4,7,13H,5-6,12H2,1-2H3. The summed E-state index contributed by atoms with van der Waals surface area (Å²) in [4.78, 5) is 2.14. The van der Waals surface area contributed by atoms with Crippen LogP contribution in [0.5, 0.6) is 0 Å². The average molecular weight is 258 g/mol. The lowest BCUT2D eigenvalue weighted by Gasteiger charge is -2.21. The number of hydrogen-bond donors (Lipinski definition) is 2. The molecule has 0 saturated carbocycles. The van der Waals surface area contributed by atoms with Crippen LogP contribution in [0.2, 0.25) is 0 Å². The number of nitrogens with zero attached hydrogens (tertiary/aromatic N) is 1. The second-order valence-corrected chi connectivity index (χ2v) is 4.14. The molecule has 0 aliphatic heterocycles. The maximum atomic E-state index is 5.88. The third-order valence-electron chi connectivity index (χ3n) is 2.10. The molecule has 0 heterocycles. The molecule has 1 aromatic rings.